The second-order valence-electron chi connectivity index (χ2n) is 5.73. The molecule has 0 aliphatic rings. The van der Waals surface area contributed by atoms with Crippen molar-refractivity contribution < 1.29 is 22.7 Å². The highest BCUT2D eigenvalue weighted by atomic mass is 19.4. The van der Waals surface area contributed by atoms with Crippen LogP contribution in [0.3, 0.4) is 0 Å². The number of hydrogen-bond acceptors (Lipinski definition) is 4. The molecule has 0 radical (unpaired) electrons. The summed E-state index contributed by atoms with van der Waals surface area (Å²) in [6, 6.07) is 16.4. The summed E-state index contributed by atoms with van der Waals surface area (Å²) in [4.78, 5) is 24.4. The topological polar surface area (TPSA) is 73.2 Å². The number of aromatic nitrogens is 2. The molecule has 6 nitrogen and oxygen atoms in total. The third kappa shape index (κ3) is 5.19. The van der Waals surface area contributed by atoms with Crippen molar-refractivity contribution in [2.75, 3.05) is 5.32 Å². The van der Waals surface area contributed by atoms with Crippen LogP contribution in [-0.2, 0) is 6.54 Å². The second-order valence-corrected chi connectivity index (χ2v) is 5.73. The highest BCUT2D eigenvalue weighted by Crippen LogP contribution is 2.25. The molecule has 0 aliphatic heterocycles. The van der Waals surface area contributed by atoms with Gasteiger partial charge in [0.25, 0.3) is 11.5 Å². The quantitative estimate of drug-likeness (QED) is 0.726. The summed E-state index contributed by atoms with van der Waals surface area (Å²) in [6.07, 6.45) is -4.84. The summed E-state index contributed by atoms with van der Waals surface area (Å²) in [6.45, 7) is 0.176. The van der Waals surface area contributed by atoms with E-state index in [1.165, 1.54) is 24.3 Å². The maximum Gasteiger partial charge on any atom is 0.573 e. The molecule has 0 spiro atoms. The molecule has 0 saturated heterocycles. The van der Waals surface area contributed by atoms with Crippen molar-refractivity contribution >= 4 is 11.6 Å². The number of anilines is 1. The van der Waals surface area contributed by atoms with Gasteiger partial charge in [-0.15, -0.1) is 13.2 Å². The SMILES string of the molecule is O=C(Nc1cccc(OC(F)(F)F)c1)c1ccc(=O)n(Cc2ccccc2)n1. The van der Waals surface area contributed by atoms with Crippen molar-refractivity contribution in [1.29, 1.82) is 0 Å². The highest BCUT2D eigenvalue weighted by Gasteiger charge is 2.31. The number of benzene rings is 2. The largest absolute Gasteiger partial charge is 0.573 e. The van der Waals surface area contributed by atoms with Gasteiger partial charge in [0.05, 0.1) is 6.54 Å². The molecule has 1 N–H and O–H groups in total. The van der Waals surface area contributed by atoms with Gasteiger partial charge in [-0.25, -0.2) is 4.68 Å². The van der Waals surface area contributed by atoms with Gasteiger partial charge in [0, 0.05) is 17.8 Å². The van der Waals surface area contributed by atoms with Crippen LogP contribution >= 0.6 is 0 Å². The molecule has 1 amide bonds. The van der Waals surface area contributed by atoms with E-state index in [1.54, 1.807) is 0 Å². The molecule has 1 aromatic heterocycles. The van der Waals surface area contributed by atoms with Gasteiger partial charge in [0.1, 0.15) is 11.4 Å². The molecule has 0 unspecified atom stereocenters. The Bertz CT molecular complexity index is 1030. The fourth-order valence-corrected chi connectivity index (χ4v) is 2.41. The normalized spacial score (nSPS) is 11.1. The fraction of sp³-hybridized carbons (Fsp3) is 0.105. The molecule has 9 heteroatoms. The van der Waals surface area contributed by atoms with Crippen LogP contribution in [0.25, 0.3) is 0 Å². The smallest absolute Gasteiger partial charge is 0.406 e. The second kappa shape index (κ2) is 7.95. The Morgan fingerprint density at radius 2 is 1.79 bits per heavy atom. The number of hydrogen-bond donors (Lipinski definition) is 1. The van der Waals surface area contributed by atoms with Crippen LogP contribution in [0.2, 0.25) is 0 Å². The van der Waals surface area contributed by atoms with Crippen LogP contribution in [0.15, 0.2) is 71.5 Å². The summed E-state index contributed by atoms with van der Waals surface area (Å²) in [5.41, 5.74) is 0.472. The first-order chi connectivity index (χ1) is 13.3. The average molecular weight is 389 g/mol. The van der Waals surface area contributed by atoms with Crippen molar-refractivity contribution in [3.63, 3.8) is 0 Å². The minimum atomic E-state index is -4.84. The molecule has 28 heavy (non-hydrogen) atoms. The molecule has 144 valence electrons. The standard InChI is InChI=1S/C19H14F3N3O3/c20-19(21,22)28-15-8-4-7-14(11-15)23-18(27)16-9-10-17(26)25(24-16)12-13-5-2-1-3-6-13/h1-11H,12H2,(H,23,27). The van der Waals surface area contributed by atoms with Crippen molar-refractivity contribution in [2.45, 2.75) is 12.9 Å². The number of ether oxygens (including phenoxy) is 1. The predicted octanol–water partition coefficient (Wildman–Crippen LogP) is 3.44. The monoisotopic (exact) mass is 389 g/mol. The van der Waals surface area contributed by atoms with Crippen molar-refractivity contribution in [3.05, 3.63) is 88.3 Å². The number of halogens is 3. The zero-order chi connectivity index (χ0) is 20.1. The number of amides is 1. The Morgan fingerprint density at radius 1 is 1.04 bits per heavy atom. The van der Waals surface area contributed by atoms with E-state index in [9.17, 15) is 22.8 Å². The summed E-state index contributed by atoms with van der Waals surface area (Å²) in [5.74, 6) is -1.14. The minimum Gasteiger partial charge on any atom is -0.406 e. The summed E-state index contributed by atoms with van der Waals surface area (Å²) in [7, 11) is 0. The minimum absolute atomic E-state index is 0.0577. The first-order valence-electron chi connectivity index (χ1n) is 8.09. The molecule has 3 aromatic rings. The van der Waals surface area contributed by atoms with Crippen LogP contribution < -0.4 is 15.6 Å². The zero-order valence-corrected chi connectivity index (χ0v) is 14.3. The maximum atomic E-state index is 12.4. The average Bonchev–Trinajstić information content (AvgIpc) is 2.63. The molecule has 0 fully saturated rings. The molecule has 2 aromatic carbocycles. The molecular formula is C19H14F3N3O3. The fourth-order valence-electron chi connectivity index (χ4n) is 2.41. The predicted molar refractivity (Wildman–Crippen MR) is 95.1 cm³/mol. The molecule has 3 rings (SSSR count). The highest BCUT2D eigenvalue weighted by molar-refractivity contribution is 6.02. The number of nitrogens with zero attached hydrogens (tertiary/aromatic N) is 2. The summed E-state index contributed by atoms with van der Waals surface area (Å²) in [5, 5.41) is 6.46. The Hall–Kier alpha value is -3.62. The van der Waals surface area contributed by atoms with E-state index in [2.05, 4.69) is 15.2 Å². The first kappa shape index (κ1) is 19.2. The molecule has 0 saturated carbocycles. The van der Waals surface area contributed by atoms with Crippen LogP contribution in [0.4, 0.5) is 18.9 Å². The van der Waals surface area contributed by atoms with E-state index < -0.39 is 18.0 Å². The van der Waals surface area contributed by atoms with E-state index in [4.69, 9.17) is 0 Å². The van der Waals surface area contributed by atoms with Crippen LogP contribution in [0, 0.1) is 0 Å². The number of nitrogens with one attached hydrogen (secondary N) is 1. The lowest BCUT2D eigenvalue weighted by Crippen LogP contribution is -2.26. The molecule has 1 heterocycles. The lowest BCUT2D eigenvalue weighted by Gasteiger charge is -2.11. The van der Waals surface area contributed by atoms with E-state index in [-0.39, 0.29) is 23.5 Å². The number of rotatable bonds is 5. The van der Waals surface area contributed by atoms with E-state index in [0.29, 0.717) is 0 Å². The first-order valence-corrected chi connectivity index (χ1v) is 8.09. The van der Waals surface area contributed by atoms with Crippen LogP contribution in [0.1, 0.15) is 16.1 Å². The number of alkyl halides is 3. The van der Waals surface area contributed by atoms with Gasteiger partial charge in [-0.1, -0.05) is 36.4 Å². The molecule has 0 atom stereocenters. The molecule has 0 aliphatic carbocycles. The lowest BCUT2D eigenvalue weighted by atomic mass is 10.2. The van der Waals surface area contributed by atoms with Crippen molar-refractivity contribution in [2.24, 2.45) is 0 Å². The Balaban J connectivity index is 1.77. The Kier molecular flexibility index (Phi) is 5.44. The summed E-state index contributed by atoms with van der Waals surface area (Å²) < 4.78 is 41.9. The van der Waals surface area contributed by atoms with Crippen LogP contribution in [-0.4, -0.2) is 22.1 Å². The van der Waals surface area contributed by atoms with Gasteiger partial charge in [-0.2, -0.15) is 5.10 Å². The van der Waals surface area contributed by atoms with E-state index >= 15 is 0 Å². The van der Waals surface area contributed by atoms with Gasteiger partial charge in [-0.3, -0.25) is 9.59 Å². The Labute approximate surface area is 157 Å². The van der Waals surface area contributed by atoms with Gasteiger partial charge in [0.15, 0.2) is 0 Å². The van der Waals surface area contributed by atoms with Crippen LogP contribution in [0.5, 0.6) is 5.75 Å². The summed E-state index contributed by atoms with van der Waals surface area (Å²) >= 11 is 0. The van der Waals surface area contributed by atoms with Crippen molar-refractivity contribution in [3.8, 4) is 5.75 Å². The molecular weight excluding hydrogens is 375 g/mol. The van der Waals surface area contributed by atoms with Gasteiger partial charge in [-0.05, 0) is 23.8 Å². The zero-order valence-electron chi connectivity index (χ0n) is 14.3. The van der Waals surface area contributed by atoms with Gasteiger partial charge < -0.3 is 10.1 Å². The van der Waals surface area contributed by atoms with Gasteiger partial charge in [0.2, 0.25) is 0 Å². The molecule has 0 bridgehead atoms. The third-order valence-corrected chi connectivity index (χ3v) is 3.60. The van der Waals surface area contributed by atoms with E-state index in [1.807, 2.05) is 30.3 Å². The maximum absolute atomic E-state index is 12.4. The van der Waals surface area contributed by atoms with Crippen molar-refractivity contribution in [1.82, 2.24) is 9.78 Å². The van der Waals surface area contributed by atoms with E-state index in [0.717, 1.165) is 22.4 Å². The van der Waals surface area contributed by atoms with Gasteiger partial charge >= 0.3 is 6.36 Å². The number of carbonyl (C=O) groups is 1. The lowest BCUT2D eigenvalue weighted by molar-refractivity contribution is -0.274. The number of carbonyl (C=O) groups excluding carboxylic acids is 1. The third-order valence-electron chi connectivity index (χ3n) is 3.60. The Morgan fingerprint density at radius 3 is 2.50 bits per heavy atom.